The van der Waals surface area contributed by atoms with Gasteiger partial charge < -0.3 is 10.6 Å². The molecule has 6 nitrogen and oxygen atoms in total. The number of hydrogen-bond acceptors (Lipinski definition) is 4. The van der Waals surface area contributed by atoms with Crippen molar-refractivity contribution in [1.82, 2.24) is 14.8 Å². The second kappa shape index (κ2) is 7.91. The van der Waals surface area contributed by atoms with E-state index in [0.717, 1.165) is 16.8 Å². The van der Waals surface area contributed by atoms with E-state index in [1.807, 2.05) is 91.0 Å². The number of benzene rings is 3. The summed E-state index contributed by atoms with van der Waals surface area (Å²) in [6.45, 7) is 4.16. The van der Waals surface area contributed by atoms with Gasteiger partial charge in [-0.15, -0.1) is 5.10 Å². The zero-order valence-corrected chi connectivity index (χ0v) is 16.8. The van der Waals surface area contributed by atoms with Crippen LogP contribution in [-0.4, -0.2) is 20.7 Å². The molecule has 4 aromatic rings. The molecule has 2 atom stereocenters. The van der Waals surface area contributed by atoms with Crippen LogP contribution in [0.4, 0.5) is 11.6 Å². The Morgan fingerprint density at radius 1 is 0.903 bits per heavy atom. The van der Waals surface area contributed by atoms with Crippen molar-refractivity contribution in [2.45, 2.75) is 6.04 Å². The van der Waals surface area contributed by atoms with Crippen molar-refractivity contribution < 1.29 is 4.79 Å². The smallest absolute Gasteiger partial charge is 0.235 e. The molecule has 0 bridgehead atoms. The van der Waals surface area contributed by atoms with Gasteiger partial charge in [0, 0.05) is 16.9 Å². The van der Waals surface area contributed by atoms with Gasteiger partial charge in [0.1, 0.15) is 5.92 Å². The van der Waals surface area contributed by atoms with Gasteiger partial charge in [0.15, 0.2) is 5.82 Å². The molecule has 0 aliphatic carbocycles. The fourth-order valence-electron chi connectivity index (χ4n) is 3.89. The van der Waals surface area contributed by atoms with Crippen LogP contribution < -0.4 is 10.6 Å². The Labute approximate surface area is 180 Å². The van der Waals surface area contributed by atoms with Gasteiger partial charge in [-0.3, -0.25) is 4.79 Å². The maximum atomic E-state index is 13.4. The summed E-state index contributed by atoms with van der Waals surface area (Å²) in [6, 6.07) is 28.7. The monoisotopic (exact) mass is 407 g/mol. The van der Waals surface area contributed by atoms with Gasteiger partial charge in [-0.05, 0) is 17.7 Å². The normalized spacial score (nSPS) is 17.5. The Morgan fingerprint density at radius 3 is 2.19 bits per heavy atom. The summed E-state index contributed by atoms with van der Waals surface area (Å²) in [5, 5.41) is 11.0. The van der Waals surface area contributed by atoms with Crippen LogP contribution in [-0.2, 0) is 4.79 Å². The molecule has 0 fully saturated rings. The highest BCUT2D eigenvalue weighted by molar-refractivity contribution is 5.95. The van der Waals surface area contributed by atoms with Crippen molar-refractivity contribution in [3.05, 3.63) is 109 Å². The first-order chi connectivity index (χ1) is 15.2. The first-order valence-corrected chi connectivity index (χ1v) is 10.1. The van der Waals surface area contributed by atoms with E-state index in [1.165, 1.54) is 0 Å². The number of carbonyl (C=O) groups is 1. The summed E-state index contributed by atoms with van der Waals surface area (Å²) >= 11 is 0. The van der Waals surface area contributed by atoms with Crippen molar-refractivity contribution in [2.75, 3.05) is 10.6 Å². The lowest BCUT2D eigenvalue weighted by atomic mass is 9.88. The molecule has 3 aromatic carbocycles. The highest BCUT2D eigenvalue weighted by Gasteiger charge is 2.40. The zero-order valence-electron chi connectivity index (χ0n) is 16.8. The molecule has 152 valence electrons. The van der Waals surface area contributed by atoms with E-state index < -0.39 is 5.92 Å². The quantitative estimate of drug-likeness (QED) is 0.513. The molecule has 2 unspecified atom stereocenters. The van der Waals surface area contributed by atoms with E-state index in [9.17, 15) is 4.79 Å². The number of hydrogen-bond donors (Lipinski definition) is 2. The number of aromatic nitrogens is 3. The lowest BCUT2D eigenvalue weighted by Gasteiger charge is -2.33. The van der Waals surface area contributed by atoms with Gasteiger partial charge in [-0.25, -0.2) is 4.68 Å². The number of para-hydroxylation sites is 1. The van der Waals surface area contributed by atoms with E-state index in [2.05, 4.69) is 22.2 Å². The topological polar surface area (TPSA) is 71.8 Å². The molecule has 31 heavy (non-hydrogen) atoms. The van der Waals surface area contributed by atoms with E-state index >= 15 is 0 Å². The van der Waals surface area contributed by atoms with Crippen LogP contribution in [0.15, 0.2) is 103 Å². The maximum absolute atomic E-state index is 13.4. The molecule has 5 rings (SSSR count). The summed E-state index contributed by atoms with van der Waals surface area (Å²) in [5.41, 5.74) is 3.20. The van der Waals surface area contributed by atoms with E-state index in [-0.39, 0.29) is 11.9 Å². The number of nitrogens with one attached hydrogen (secondary N) is 2. The summed E-state index contributed by atoms with van der Waals surface area (Å²) < 4.78 is 1.79. The SMILES string of the molecule is C=C1Nc2nc(-c3ccccc3)nn2C(c2ccccc2)C1C(=O)Nc1ccccc1. The second-order valence-corrected chi connectivity index (χ2v) is 7.41. The van der Waals surface area contributed by atoms with Crippen molar-refractivity contribution in [1.29, 1.82) is 0 Å². The summed E-state index contributed by atoms with van der Waals surface area (Å²) in [5.74, 6) is 0.447. The summed E-state index contributed by atoms with van der Waals surface area (Å²) in [7, 11) is 0. The highest BCUT2D eigenvalue weighted by Crippen LogP contribution is 2.39. The van der Waals surface area contributed by atoms with Crippen LogP contribution in [0.1, 0.15) is 11.6 Å². The molecule has 1 aliphatic rings. The van der Waals surface area contributed by atoms with E-state index in [0.29, 0.717) is 17.5 Å². The molecule has 6 heteroatoms. The Bertz CT molecular complexity index is 1220. The Hall–Kier alpha value is -4.19. The average molecular weight is 407 g/mol. The van der Waals surface area contributed by atoms with Gasteiger partial charge >= 0.3 is 0 Å². The molecule has 1 aliphatic heterocycles. The first-order valence-electron chi connectivity index (χ1n) is 10.1. The van der Waals surface area contributed by atoms with E-state index in [4.69, 9.17) is 5.10 Å². The largest absolute Gasteiger partial charge is 0.328 e. The minimum Gasteiger partial charge on any atom is -0.328 e. The zero-order chi connectivity index (χ0) is 21.2. The number of carbonyl (C=O) groups excluding carboxylic acids is 1. The summed E-state index contributed by atoms with van der Waals surface area (Å²) in [4.78, 5) is 18.0. The fourth-order valence-corrected chi connectivity index (χ4v) is 3.89. The molecule has 0 spiro atoms. The van der Waals surface area contributed by atoms with Crippen molar-refractivity contribution in [2.24, 2.45) is 5.92 Å². The van der Waals surface area contributed by atoms with E-state index in [1.54, 1.807) is 4.68 Å². The van der Waals surface area contributed by atoms with Crippen molar-refractivity contribution >= 4 is 17.5 Å². The number of nitrogens with zero attached hydrogens (tertiary/aromatic N) is 3. The maximum Gasteiger partial charge on any atom is 0.235 e. The minimum absolute atomic E-state index is 0.153. The fraction of sp³-hybridized carbons (Fsp3) is 0.0800. The van der Waals surface area contributed by atoms with Crippen molar-refractivity contribution in [3.63, 3.8) is 0 Å². The van der Waals surface area contributed by atoms with Crippen molar-refractivity contribution in [3.8, 4) is 11.4 Å². The molecule has 0 radical (unpaired) electrons. The Morgan fingerprint density at radius 2 is 1.52 bits per heavy atom. The standard InChI is InChI=1S/C25H21N5O/c1-17-21(24(31)27-20-15-9-4-10-16-20)22(18-11-5-2-6-12-18)30-25(26-17)28-23(29-30)19-13-7-3-8-14-19/h2-16,21-22H,1H2,(H,27,31)(H,26,28,29). The molecule has 0 saturated carbocycles. The Balaban J connectivity index is 1.58. The van der Waals surface area contributed by atoms with Crippen LogP contribution in [0, 0.1) is 5.92 Å². The summed E-state index contributed by atoms with van der Waals surface area (Å²) in [6.07, 6.45) is 0. The van der Waals surface area contributed by atoms with Gasteiger partial charge in [0.2, 0.25) is 11.9 Å². The lowest BCUT2D eigenvalue weighted by Crippen LogP contribution is -2.39. The highest BCUT2D eigenvalue weighted by atomic mass is 16.2. The van der Waals surface area contributed by atoms with Crippen LogP contribution in [0.5, 0.6) is 0 Å². The number of rotatable bonds is 4. The number of amides is 1. The predicted octanol–water partition coefficient (Wildman–Crippen LogP) is 4.73. The van der Waals surface area contributed by atoms with Crippen LogP contribution in [0.25, 0.3) is 11.4 Å². The third kappa shape index (κ3) is 3.59. The van der Waals surface area contributed by atoms with Gasteiger partial charge in [-0.1, -0.05) is 85.4 Å². The molecule has 2 N–H and O–H groups in total. The van der Waals surface area contributed by atoms with Crippen LogP contribution in [0.3, 0.4) is 0 Å². The molecule has 1 aromatic heterocycles. The molecule has 0 saturated heterocycles. The third-order valence-electron chi connectivity index (χ3n) is 5.36. The predicted molar refractivity (Wildman–Crippen MR) is 121 cm³/mol. The van der Waals surface area contributed by atoms with Gasteiger partial charge in [0.25, 0.3) is 0 Å². The number of anilines is 2. The van der Waals surface area contributed by atoms with Crippen LogP contribution in [0.2, 0.25) is 0 Å². The first kappa shape index (κ1) is 18.8. The molecule has 1 amide bonds. The van der Waals surface area contributed by atoms with Crippen LogP contribution >= 0.6 is 0 Å². The molecular formula is C25H21N5O. The van der Waals surface area contributed by atoms with Gasteiger partial charge in [0.05, 0.1) is 6.04 Å². The minimum atomic E-state index is -0.569. The van der Waals surface area contributed by atoms with Gasteiger partial charge in [-0.2, -0.15) is 4.98 Å². The lowest BCUT2D eigenvalue weighted by molar-refractivity contribution is -0.119. The molecule has 2 heterocycles. The molecular weight excluding hydrogens is 386 g/mol. The average Bonchev–Trinajstić information content (AvgIpc) is 3.23. The Kier molecular flexibility index (Phi) is 4.80. The number of fused-ring (bicyclic) bond motifs is 1. The third-order valence-corrected chi connectivity index (χ3v) is 5.36. The second-order valence-electron chi connectivity index (χ2n) is 7.41.